The predicted octanol–water partition coefficient (Wildman–Crippen LogP) is 6.12. The van der Waals surface area contributed by atoms with Crippen molar-refractivity contribution in [3.05, 3.63) is 56.5 Å². The Morgan fingerprint density at radius 2 is 1.38 bits per heavy atom. The number of benzene rings is 2. The first kappa shape index (κ1) is 18.5. The Bertz CT molecular complexity index is 565. The Balaban J connectivity index is 0.000000211. The third-order valence-corrected chi connectivity index (χ3v) is 4.62. The normalized spacial score (nSPS) is 9.62. The molecule has 0 aliphatic carbocycles. The minimum Gasteiger partial charge on any atom is -0.495 e. The highest BCUT2D eigenvalue weighted by atomic mass is 79.9. The molecule has 0 N–H and O–H groups in total. The molecular weight excluding hydrogens is 464 g/mol. The summed E-state index contributed by atoms with van der Waals surface area (Å²) in [4.78, 5) is 0. The van der Waals surface area contributed by atoms with E-state index in [1.54, 1.807) is 14.2 Å². The predicted molar refractivity (Wildman–Crippen MR) is 98.8 cm³/mol. The molecule has 5 heteroatoms. The summed E-state index contributed by atoms with van der Waals surface area (Å²) in [5, 5.41) is 0.815. The Morgan fingerprint density at radius 1 is 0.857 bits per heavy atom. The molecule has 2 aromatic rings. The number of rotatable bonds is 3. The Morgan fingerprint density at radius 3 is 1.76 bits per heavy atom. The van der Waals surface area contributed by atoms with Crippen molar-refractivity contribution in [2.75, 3.05) is 14.2 Å². The molecule has 0 spiro atoms. The molecule has 0 fully saturated rings. The largest absolute Gasteiger partial charge is 0.495 e. The van der Waals surface area contributed by atoms with Crippen molar-refractivity contribution in [1.29, 1.82) is 0 Å². The quantitative estimate of drug-likeness (QED) is 0.493. The van der Waals surface area contributed by atoms with Gasteiger partial charge in [0.1, 0.15) is 11.5 Å². The fraction of sp³-hybridized carbons (Fsp3) is 0.250. The van der Waals surface area contributed by atoms with Gasteiger partial charge in [0.15, 0.2) is 0 Å². The van der Waals surface area contributed by atoms with E-state index in [0.29, 0.717) is 0 Å². The van der Waals surface area contributed by atoms with Gasteiger partial charge in [0.2, 0.25) is 0 Å². The van der Waals surface area contributed by atoms with Crippen LogP contribution in [-0.4, -0.2) is 14.2 Å². The van der Waals surface area contributed by atoms with Gasteiger partial charge in [0.05, 0.1) is 23.2 Å². The standard InChI is InChI=1S/C8H8Br2O.C8H9BrO/c1-11-8-6(5-9)3-2-4-7(8)10;1-6-4-3-5-7(9)8(6)10-2/h2-4H,5H2,1H3;3-5H,1-2H3. The molecular formula is C16H17Br3O2. The maximum absolute atomic E-state index is 5.19. The zero-order valence-electron chi connectivity index (χ0n) is 12.1. The van der Waals surface area contributed by atoms with Gasteiger partial charge in [0, 0.05) is 10.9 Å². The maximum atomic E-state index is 5.19. The van der Waals surface area contributed by atoms with E-state index in [-0.39, 0.29) is 0 Å². The molecule has 0 unspecified atom stereocenters. The molecule has 2 aromatic carbocycles. The molecule has 2 nitrogen and oxygen atoms in total. The van der Waals surface area contributed by atoms with Crippen molar-refractivity contribution in [2.24, 2.45) is 0 Å². The topological polar surface area (TPSA) is 18.5 Å². The zero-order valence-corrected chi connectivity index (χ0v) is 16.9. The maximum Gasteiger partial charge on any atom is 0.137 e. The number of hydrogen-bond donors (Lipinski definition) is 0. The lowest BCUT2D eigenvalue weighted by atomic mass is 10.2. The number of aryl methyl sites for hydroxylation is 1. The van der Waals surface area contributed by atoms with Crippen LogP contribution < -0.4 is 9.47 Å². The summed E-state index contributed by atoms with van der Waals surface area (Å²) in [6, 6.07) is 11.9. The third kappa shape index (κ3) is 5.31. The summed E-state index contributed by atoms with van der Waals surface area (Å²) in [7, 11) is 3.35. The highest BCUT2D eigenvalue weighted by Gasteiger charge is 2.03. The van der Waals surface area contributed by atoms with E-state index in [0.717, 1.165) is 36.9 Å². The highest BCUT2D eigenvalue weighted by molar-refractivity contribution is 9.11. The molecule has 0 aliphatic heterocycles. The molecule has 0 heterocycles. The second-order valence-electron chi connectivity index (χ2n) is 4.16. The summed E-state index contributed by atoms with van der Waals surface area (Å²) in [5.41, 5.74) is 2.30. The van der Waals surface area contributed by atoms with Crippen LogP contribution in [0.15, 0.2) is 45.3 Å². The van der Waals surface area contributed by atoms with Crippen LogP contribution in [-0.2, 0) is 5.33 Å². The van der Waals surface area contributed by atoms with Crippen LogP contribution >= 0.6 is 47.8 Å². The van der Waals surface area contributed by atoms with Crippen molar-refractivity contribution in [2.45, 2.75) is 12.3 Å². The summed E-state index contributed by atoms with van der Waals surface area (Å²) in [6.45, 7) is 2.02. The molecule has 114 valence electrons. The van der Waals surface area contributed by atoms with E-state index in [1.165, 1.54) is 0 Å². The second-order valence-corrected chi connectivity index (χ2v) is 6.43. The lowest BCUT2D eigenvalue weighted by Crippen LogP contribution is -1.89. The number of alkyl halides is 1. The molecule has 0 saturated heterocycles. The lowest BCUT2D eigenvalue weighted by molar-refractivity contribution is 0.409. The smallest absolute Gasteiger partial charge is 0.137 e. The first-order valence-electron chi connectivity index (χ1n) is 6.21. The molecule has 0 atom stereocenters. The Labute approximate surface area is 151 Å². The summed E-state index contributed by atoms with van der Waals surface area (Å²) in [5.74, 6) is 1.83. The van der Waals surface area contributed by atoms with Gasteiger partial charge < -0.3 is 9.47 Å². The average molecular weight is 481 g/mol. The molecule has 0 bridgehead atoms. The van der Waals surface area contributed by atoms with Crippen molar-refractivity contribution < 1.29 is 9.47 Å². The number of ether oxygens (including phenoxy) is 2. The first-order chi connectivity index (χ1) is 10.0. The van der Waals surface area contributed by atoms with Crippen LogP contribution in [0.25, 0.3) is 0 Å². The van der Waals surface area contributed by atoms with Crippen LogP contribution in [0.3, 0.4) is 0 Å². The molecule has 0 radical (unpaired) electrons. The molecule has 0 saturated carbocycles. The van der Waals surface area contributed by atoms with Crippen molar-refractivity contribution in [3.8, 4) is 11.5 Å². The van der Waals surface area contributed by atoms with E-state index >= 15 is 0 Å². The van der Waals surface area contributed by atoms with Gasteiger partial charge in [-0.3, -0.25) is 0 Å². The van der Waals surface area contributed by atoms with E-state index < -0.39 is 0 Å². The third-order valence-electron chi connectivity index (χ3n) is 2.76. The summed E-state index contributed by atoms with van der Waals surface area (Å²) in [6.07, 6.45) is 0. The molecule has 0 aromatic heterocycles. The minimum absolute atomic E-state index is 0.815. The van der Waals surface area contributed by atoms with Crippen molar-refractivity contribution in [3.63, 3.8) is 0 Å². The second kappa shape index (κ2) is 9.49. The van der Waals surface area contributed by atoms with E-state index in [2.05, 4.69) is 47.8 Å². The fourth-order valence-electron chi connectivity index (χ4n) is 1.76. The molecule has 21 heavy (non-hydrogen) atoms. The average Bonchev–Trinajstić information content (AvgIpc) is 2.48. The number of halogens is 3. The van der Waals surface area contributed by atoms with Gasteiger partial charge in [-0.15, -0.1) is 0 Å². The van der Waals surface area contributed by atoms with Gasteiger partial charge in [-0.05, 0) is 56.5 Å². The fourth-order valence-corrected chi connectivity index (χ4v) is 3.40. The van der Waals surface area contributed by atoms with Gasteiger partial charge in [-0.25, -0.2) is 0 Å². The van der Waals surface area contributed by atoms with Crippen LogP contribution in [0.2, 0.25) is 0 Å². The Hall–Kier alpha value is -0.520. The Kier molecular flexibility index (Phi) is 8.37. The van der Waals surface area contributed by atoms with Gasteiger partial charge >= 0.3 is 0 Å². The SMILES string of the molecule is COc1c(Br)cccc1CBr.COc1c(C)cccc1Br. The van der Waals surface area contributed by atoms with E-state index in [4.69, 9.17) is 9.47 Å². The molecule has 0 amide bonds. The van der Waals surface area contributed by atoms with Crippen LogP contribution in [0, 0.1) is 6.92 Å². The van der Waals surface area contributed by atoms with Crippen LogP contribution in [0.1, 0.15) is 11.1 Å². The van der Waals surface area contributed by atoms with Crippen molar-refractivity contribution in [1.82, 2.24) is 0 Å². The van der Waals surface area contributed by atoms with Crippen molar-refractivity contribution >= 4 is 47.8 Å². The van der Waals surface area contributed by atoms with Gasteiger partial charge in [0.25, 0.3) is 0 Å². The van der Waals surface area contributed by atoms with E-state index in [1.807, 2.05) is 43.3 Å². The lowest BCUT2D eigenvalue weighted by Gasteiger charge is -2.06. The summed E-state index contributed by atoms with van der Waals surface area (Å²) < 4.78 is 12.3. The number of hydrogen-bond acceptors (Lipinski definition) is 2. The van der Waals surface area contributed by atoms with Crippen LogP contribution in [0.5, 0.6) is 11.5 Å². The monoisotopic (exact) mass is 478 g/mol. The van der Waals surface area contributed by atoms with Crippen LogP contribution in [0.4, 0.5) is 0 Å². The minimum atomic E-state index is 0.815. The highest BCUT2D eigenvalue weighted by Crippen LogP contribution is 2.29. The van der Waals surface area contributed by atoms with E-state index in [9.17, 15) is 0 Å². The molecule has 2 rings (SSSR count). The van der Waals surface area contributed by atoms with Gasteiger partial charge in [-0.1, -0.05) is 40.2 Å². The number of methoxy groups -OCH3 is 2. The number of para-hydroxylation sites is 2. The van der Waals surface area contributed by atoms with Gasteiger partial charge in [-0.2, -0.15) is 0 Å². The summed E-state index contributed by atoms with van der Waals surface area (Å²) >= 11 is 10.2. The zero-order chi connectivity index (χ0) is 15.8. The molecule has 0 aliphatic rings. The first-order valence-corrected chi connectivity index (χ1v) is 8.92.